The molecule has 2 heterocycles. The van der Waals surface area contributed by atoms with E-state index in [2.05, 4.69) is 172 Å². The fourth-order valence-corrected chi connectivity index (χ4v) is 6.77. The van der Waals surface area contributed by atoms with Crippen LogP contribution in [0.4, 0.5) is 17.1 Å². The van der Waals surface area contributed by atoms with E-state index in [4.69, 9.17) is 0 Å². The zero-order valence-corrected chi connectivity index (χ0v) is 23.4. The van der Waals surface area contributed by atoms with Crippen LogP contribution in [-0.2, 0) is 0 Å². The maximum atomic E-state index is 3.62. The van der Waals surface area contributed by atoms with E-state index in [0.29, 0.717) is 0 Å². The van der Waals surface area contributed by atoms with Crippen LogP contribution in [0.1, 0.15) is 0 Å². The average Bonchev–Trinajstić information content (AvgIpc) is 3.61. The van der Waals surface area contributed by atoms with Crippen LogP contribution in [-0.4, -0.2) is 9.55 Å². The Morgan fingerprint density at radius 3 is 1.93 bits per heavy atom. The van der Waals surface area contributed by atoms with Gasteiger partial charge in [0.25, 0.3) is 0 Å². The second-order valence-electron chi connectivity index (χ2n) is 11.1. The Morgan fingerprint density at radius 1 is 0.419 bits per heavy atom. The summed E-state index contributed by atoms with van der Waals surface area (Å²) in [4.78, 5) is 5.95. The van der Waals surface area contributed by atoms with Crippen LogP contribution in [0.3, 0.4) is 0 Å². The number of fused-ring (bicyclic) bond motifs is 8. The number of aromatic amines is 1. The molecule has 0 aliphatic heterocycles. The lowest BCUT2D eigenvalue weighted by Crippen LogP contribution is -2.10. The molecule has 0 amide bonds. The van der Waals surface area contributed by atoms with E-state index in [0.717, 1.165) is 33.8 Å². The van der Waals surface area contributed by atoms with Crippen molar-refractivity contribution in [2.75, 3.05) is 4.90 Å². The van der Waals surface area contributed by atoms with Crippen LogP contribution in [0.15, 0.2) is 158 Å². The maximum absolute atomic E-state index is 3.62. The van der Waals surface area contributed by atoms with Crippen molar-refractivity contribution >= 4 is 71.4 Å². The van der Waals surface area contributed by atoms with Crippen molar-refractivity contribution in [2.24, 2.45) is 0 Å². The Bertz CT molecular complexity index is 2450. The molecule has 0 atom stereocenters. The van der Waals surface area contributed by atoms with Crippen LogP contribution in [0.2, 0.25) is 0 Å². The minimum absolute atomic E-state index is 1.11. The molecular formula is C40H27N3. The van der Waals surface area contributed by atoms with E-state index in [-0.39, 0.29) is 0 Å². The molecule has 0 fully saturated rings. The van der Waals surface area contributed by atoms with Gasteiger partial charge in [0.2, 0.25) is 0 Å². The molecule has 0 aliphatic rings. The highest BCUT2D eigenvalue weighted by Crippen LogP contribution is 2.40. The van der Waals surface area contributed by atoms with Crippen LogP contribution < -0.4 is 4.90 Å². The van der Waals surface area contributed by atoms with E-state index in [1.165, 1.54) is 43.4 Å². The third-order valence-electron chi connectivity index (χ3n) is 8.69. The Balaban J connectivity index is 1.21. The van der Waals surface area contributed by atoms with Gasteiger partial charge in [-0.2, -0.15) is 0 Å². The monoisotopic (exact) mass is 549 g/mol. The summed E-state index contributed by atoms with van der Waals surface area (Å²) in [5.41, 5.74) is 9.21. The summed E-state index contributed by atoms with van der Waals surface area (Å²) in [6.45, 7) is 0. The molecule has 0 saturated heterocycles. The zero-order chi connectivity index (χ0) is 28.3. The number of aromatic nitrogens is 2. The molecule has 0 radical (unpaired) electrons. The van der Waals surface area contributed by atoms with Crippen LogP contribution in [0.25, 0.3) is 60.1 Å². The SMILES string of the molecule is c1ccc(N(c2ccc(-n3c4ccccc4c4c5ccccc5ccc43)cc2)c2ccc3c(c2)[nH]c2ccccc23)cc1. The summed E-state index contributed by atoms with van der Waals surface area (Å²) in [7, 11) is 0. The number of hydrogen-bond donors (Lipinski definition) is 1. The van der Waals surface area contributed by atoms with Crippen molar-refractivity contribution in [3.8, 4) is 5.69 Å². The summed E-state index contributed by atoms with van der Waals surface area (Å²) in [6, 6.07) is 56.7. The van der Waals surface area contributed by atoms with Crippen LogP contribution in [0, 0.1) is 0 Å². The Kier molecular flexibility index (Phi) is 5.20. The molecular weight excluding hydrogens is 522 g/mol. The summed E-state index contributed by atoms with van der Waals surface area (Å²) >= 11 is 0. The lowest BCUT2D eigenvalue weighted by molar-refractivity contribution is 1.17. The third-order valence-corrected chi connectivity index (χ3v) is 8.69. The first-order valence-electron chi connectivity index (χ1n) is 14.7. The highest BCUT2D eigenvalue weighted by molar-refractivity contribution is 6.21. The summed E-state index contributed by atoms with van der Waals surface area (Å²) in [6.07, 6.45) is 0. The molecule has 9 rings (SSSR count). The first-order chi connectivity index (χ1) is 21.3. The summed E-state index contributed by atoms with van der Waals surface area (Å²) < 4.78 is 2.39. The van der Waals surface area contributed by atoms with E-state index in [1.807, 2.05) is 0 Å². The first-order valence-corrected chi connectivity index (χ1v) is 14.7. The largest absolute Gasteiger partial charge is 0.354 e. The number of H-pyrrole nitrogens is 1. The van der Waals surface area contributed by atoms with Gasteiger partial charge in [-0.25, -0.2) is 0 Å². The molecule has 0 unspecified atom stereocenters. The number of nitrogens with zero attached hydrogens (tertiary/aromatic N) is 2. The molecule has 1 N–H and O–H groups in total. The van der Waals surface area contributed by atoms with Crippen molar-refractivity contribution in [3.05, 3.63) is 158 Å². The predicted molar refractivity (Wildman–Crippen MR) is 182 cm³/mol. The molecule has 43 heavy (non-hydrogen) atoms. The van der Waals surface area contributed by atoms with Crippen molar-refractivity contribution in [3.63, 3.8) is 0 Å². The fraction of sp³-hybridized carbons (Fsp3) is 0. The van der Waals surface area contributed by atoms with E-state index >= 15 is 0 Å². The molecule has 3 heteroatoms. The smallest absolute Gasteiger partial charge is 0.0547 e. The van der Waals surface area contributed by atoms with Crippen LogP contribution >= 0.6 is 0 Å². The lowest BCUT2D eigenvalue weighted by Gasteiger charge is -2.26. The second kappa shape index (κ2) is 9.37. The zero-order valence-electron chi connectivity index (χ0n) is 23.4. The summed E-state index contributed by atoms with van der Waals surface area (Å²) in [5.74, 6) is 0. The molecule has 9 aromatic rings. The first kappa shape index (κ1) is 23.9. The van der Waals surface area contributed by atoms with Gasteiger partial charge in [-0.1, -0.05) is 91.0 Å². The number of hydrogen-bond acceptors (Lipinski definition) is 1. The van der Waals surface area contributed by atoms with Gasteiger partial charge < -0.3 is 14.5 Å². The predicted octanol–water partition coefficient (Wildman–Crippen LogP) is 11.0. The minimum atomic E-state index is 1.11. The van der Waals surface area contributed by atoms with Gasteiger partial charge in [0.05, 0.1) is 11.0 Å². The van der Waals surface area contributed by atoms with Gasteiger partial charge in [-0.3, -0.25) is 0 Å². The molecule has 7 aromatic carbocycles. The molecule has 0 spiro atoms. The quantitative estimate of drug-likeness (QED) is 0.232. The van der Waals surface area contributed by atoms with E-state index in [9.17, 15) is 0 Å². The maximum Gasteiger partial charge on any atom is 0.0547 e. The molecule has 0 saturated carbocycles. The molecule has 0 aliphatic carbocycles. The molecule has 202 valence electrons. The van der Waals surface area contributed by atoms with Gasteiger partial charge in [0.15, 0.2) is 0 Å². The number of anilines is 3. The lowest BCUT2D eigenvalue weighted by atomic mass is 10.0. The third kappa shape index (κ3) is 3.68. The van der Waals surface area contributed by atoms with Gasteiger partial charge in [-0.15, -0.1) is 0 Å². The van der Waals surface area contributed by atoms with Crippen molar-refractivity contribution < 1.29 is 0 Å². The highest BCUT2D eigenvalue weighted by Gasteiger charge is 2.17. The van der Waals surface area contributed by atoms with Crippen molar-refractivity contribution in [2.45, 2.75) is 0 Å². The highest BCUT2D eigenvalue weighted by atomic mass is 15.1. The molecule has 3 nitrogen and oxygen atoms in total. The fourth-order valence-electron chi connectivity index (χ4n) is 6.77. The number of rotatable bonds is 4. The van der Waals surface area contributed by atoms with Gasteiger partial charge in [-0.05, 0) is 77.5 Å². The second-order valence-corrected chi connectivity index (χ2v) is 11.1. The Hall–Kier alpha value is -5.80. The number of nitrogens with one attached hydrogen (secondary N) is 1. The normalized spacial score (nSPS) is 11.7. The van der Waals surface area contributed by atoms with E-state index < -0.39 is 0 Å². The number of benzene rings is 7. The van der Waals surface area contributed by atoms with Gasteiger partial charge in [0.1, 0.15) is 0 Å². The van der Waals surface area contributed by atoms with Crippen molar-refractivity contribution in [1.29, 1.82) is 0 Å². The standard InChI is InChI=1S/C40H27N3/c1-2-11-28(12-3-1)42(31-23-24-34-33-14-6-8-16-36(33)41-37(34)26-31)29-19-21-30(22-20-29)43-38-17-9-7-15-35(38)40-32-13-5-4-10-27(32)18-25-39(40)43/h1-26,41H. The van der Waals surface area contributed by atoms with Gasteiger partial charge >= 0.3 is 0 Å². The Labute approximate surface area is 248 Å². The Morgan fingerprint density at radius 2 is 1.07 bits per heavy atom. The molecule has 2 aromatic heterocycles. The topological polar surface area (TPSA) is 24.0 Å². The minimum Gasteiger partial charge on any atom is -0.354 e. The van der Waals surface area contributed by atoms with Crippen LogP contribution in [0.5, 0.6) is 0 Å². The average molecular weight is 550 g/mol. The number of para-hydroxylation sites is 3. The van der Waals surface area contributed by atoms with Gasteiger partial charge in [0, 0.05) is 55.3 Å². The molecule has 0 bridgehead atoms. The van der Waals surface area contributed by atoms with E-state index in [1.54, 1.807) is 0 Å². The van der Waals surface area contributed by atoms with Crippen molar-refractivity contribution in [1.82, 2.24) is 9.55 Å². The summed E-state index contributed by atoms with van der Waals surface area (Å²) in [5, 5.41) is 7.61.